The van der Waals surface area contributed by atoms with Crippen LogP contribution in [-0.2, 0) is 7.05 Å². The second kappa shape index (κ2) is 4.68. The topological polar surface area (TPSA) is 60.0 Å². The van der Waals surface area contributed by atoms with E-state index >= 15 is 0 Å². The smallest absolute Gasteiger partial charge is 0.269 e. The van der Waals surface area contributed by atoms with E-state index in [1.807, 2.05) is 30.3 Å². The molecule has 1 aromatic heterocycles. The lowest BCUT2D eigenvalue weighted by atomic mass is 10.3. The lowest BCUT2D eigenvalue weighted by molar-refractivity contribution is 0.103. The highest BCUT2D eigenvalue weighted by Crippen LogP contribution is 2.21. The molecule has 0 aliphatic carbocycles. The molecule has 3 N–H and O–H groups in total. The number of nitrogens with one attached hydrogen (secondary N) is 1. The molecule has 0 saturated carbocycles. The molecule has 0 spiro atoms. The minimum absolute atomic E-state index is 0.231. The standard InChI is InChI=1S/C11H11N3OS2/c1-14-9(12)8(17-11(14)16)10(15)13-7-5-3-2-4-6-7/h2-6H,12H2,1H3,(H,13,15). The fraction of sp³-hybridized carbons (Fsp3) is 0.0909. The molecule has 0 saturated heterocycles. The number of anilines is 2. The molecular formula is C11H11N3OS2. The van der Waals surface area contributed by atoms with Crippen LogP contribution in [0.3, 0.4) is 0 Å². The van der Waals surface area contributed by atoms with Crippen molar-refractivity contribution >= 4 is 41.0 Å². The molecule has 0 aliphatic heterocycles. The van der Waals surface area contributed by atoms with Crippen LogP contribution in [0.1, 0.15) is 9.67 Å². The molecule has 0 aliphatic rings. The Labute approximate surface area is 108 Å². The zero-order chi connectivity index (χ0) is 12.4. The normalized spacial score (nSPS) is 10.2. The maximum Gasteiger partial charge on any atom is 0.269 e. The molecule has 1 heterocycles. The van der Waals surface area contributed by atoms with Gasteiger partial charge in [-0.2, -0.15) is 0 Å². The number of aromatic nitrogens is 1. The van der Waals surface area contributed by atoms with Crippen molar-refractivity contribution in [2.45, 2.75) is 0 Å². The first-order valence-electron chi connectivity index (χ1n) is 4.91. The molecule has 6 heteroatoms. The number of carbonyl (C=O) groups excluding carboxylic acids is 1. The molecular weight excluding hydrogens is 254 g/mol. The van der Waals surface area contributed by atoms with E-state index in [2.05, 4.69) is 5.32 Å². The number of benzene rings is 1. The molecule has 1 amide bonds. The van der Waals surface area contributed by atoms with E-state index in [0.29, 0.717) is 14.6 Å². The van der Waals surface area contributed by atoms with Gasteiger partial charge in [0.2, 0.25) is 0 Å². The second-order valence-electron chi connectivity index (χ2n) is 3.46. The Morgan fingerprint density at radius 1 is 1.41 bits per heavy atom. The summed E-state index contributed by atoms with van der Waals surface area (Å²) in [5, 5.41) is 2.77. The van der Waals surface area contributed by atoms with Gasteiger partial charge in [-0.25, -0.2) is 0 Å². The summed E-state index contributed by atoms with van der Waals surface area (Å²) in [6.45, 7) is 0. The maximum atomic E-state index is 12.0. The van der Waals surface area contributed by atoms with Crippen LogP contribution in [-0.4, -0.2) is 10.5 Å². The van der Waals surface area contributed by atoms with Crippen LogP contribution in [0.4, 0.5) is 11.5 Å². The van der Waals surface area contributed by atoms with Crippen molar-refractivity contribution in [3.63, 3.8) is 0 Å². The van der Waals surface area contributed by atoms with E-state index in [1.165, 1.54) is 11.3 Å². The van der Waals surface area contributed by atoms with Crippen molar-refractivity contribution in [2.24, 2.45) is 7.05 Å². The number of nitrogens with zero attached hydrogens (tertiary/aromatic N) is 1. The Bertz CT molecular complexity index is 601. The molecule has 17 heavy (non-hydrogen) atoms. The Balaban J connectivity index is 2.27. The van der Waals surface area contributed by atoms with E-state index in [0.717, 1.165) is 5.69 Å². The zero-order valence-electron chi connectivity index (χ0n) is 9.14. The van der Waals surface area contributed by atoms with Gasteiger partial charge in [-0.3, -0.25) is 4.79 Å². The predicted octanol–water partition coefficient (Wildman–Crippen LogP) is 2.65. The summed E-state index contributed by atoms with van der Waals surface area (Å²) < 4.78 is 2.21. The minimum atomic E-state index is -0.231. The first-order valence-corrected chi connectivity index (χ1v) is 6.14. The summed E-state index contributed by atoms with van der Waals surface area (Å²) in [5.41, 5.74) is 6.54. The van der Waals surface area contributed by atoms with Crippen molar-refractivity contribution < 1.29 is 4.79 Å². The van der Waals surface area contributed by atoms with Crippen molar-refractivity contribution in [2.75, 3.05) is 11.1 Å². The number of nitrogen functional groups attached to an aromatic ring is 1. The van der Waals surface area contributed by atoms with Crippen molar-refractivity contribution in [3.8, 4) is 0 Å². The molecule has 88 valence electrons. The van der Waals surface area contributed by atoms with E-state index in [4.69, 9.17) is 18.0 Å². The summed E-state index contributed by atoms with van der Waals surface area (Å²) in [5.74, 6) is 0.166. The average molecular weight is 265 g/mol. The molecule has 0 unspecified atom stereocenters. The van der Waals surface area contributed by atoms with E-state index in [-0.39, 0.29) is 5.91 Å². The fourth-order valence-corrected chi connectivity index (χ4v) is 2.47. The number of carbonyl (C=O) groups is 1. The van der Waals surface area contributed by atoms with E-state index in [1.54, 1.807) is 11.6 Å². The zero-order valence-corrected chi connectivity index (χ0v) is 10.8. The Hall–Kier alpha value is -1.66. The van der Waals surface area contributed by atoms with Gasteiger partial charge in [0.15, 0.2) is 3.95 Å². The highest BCUT2D eigenvalue weighted by molar-refractivity contribution is 7.73. The van der Waals surface area contributed by atoms with Crippen molar-refractivity contribution in [3.05, 3.63) is 39.2 Å². The van der Waals surface area contributed by atoms with Gasteiger partial charge in [-0.05, 0) is 24.4 Å². The molecule has 4 nitrogen and oxygen atoms in total. The Morgan fingerprint density at radius 2 is 2.06 bits per heavy atom. The number of hydrogen-bond acceptors (Lipinski definition) is 4. The summed E-state index contributed by atoms with van der Waals surface area (Å²) in [6, 6.07) is 9.22. The highest BCUT2D eigenvalue weighted by Gasteiger charge is 2.15. The van der Waals surface area contributed by atoms with Gasteiger partial charge in [-0.15, -0.1) is 0 Å². The quantitative estimate of drug-likeness (QED) is 0.821. The third kappa shape index (κ3) is 2.37. The Morgan fingerprint density at radius 3 is 2.59 bits per heavy atom. The van der Waals surface area contributed by atoms with Gasteiger partial charge in [-0.1, -0.05) is 29.5 Å². The van der Waals surface area contributed by atoms with Gasteiger partial charge in [0.05, 0.1) is 0 Å². The molecule has 0 fully saturated rings. The number of thiazole rings is 1. The van der Waals surface area contributed by atoms with Crippen LogP contribution in [0.2, 0.25) is 0 Å². The molecule has 0 bridgehead atoms. The SMILES string of the molecule is Cn1c(N)c(C(=O)Nc2ccccc2)sc1=S. The lowest BCUT2D eigenvalue weighted by Crippen LogP contribution is -2.13. The van der Waals surface area contributed by atoms with Gasteiger partial charge in [0.1, 0.15) is 10.7 Å². The molecule has 2 rings (SSSR count). The summed E-state index contributed by atoms with van der Waals surface area (Å²) in [7, 11) is 1.74. The number of para-hydroxylation sites is 1. The number of hydrogen-bond donors (Lipinski definition) is 2. The van der Waals surface area contributed by atoms with Crippen LogP contribution < -0.4 is 11.1 Å². The first kappa shape index (κ1) is 11.8. The Kier molecular flexibility index (Phi) is 3.26. The number of rotatable bonds is 2. The van der Waals surface area contributed by atoms with Crippen molar-refractivity contribution in [1.82, 2.24) is 4.57 Å². The second-order valence-corrected chi connectivity index (χ2v) is 5.11. The minimum Gasteiger partial charge on any atom is -0.384 e. The van der Waals surface area contributed by atoms with E-state index < -0.39 is 0 Å². The molecule has 0 radical (unpaired) electrons. The summed E-state index contributed by atoms with van der Waals surface area (Å²) in [6.07, 6.45) is 0. The van der Waals surface area contributed by atoms with Gasteiger partial charge >= 0.3 is 0 Å². The number of nitrogens with two attached hydrogens (primary N) is 1. The van der Waals surface area contributed by atoms with Crippen LogP contribution in [0, 0.1) is 3.95 Å². The fourth-order valence-electron chi connectivity index (χ4n) is 1.33. The third-order valence-corrected chi connectivity index (χ3v) is 3.87. The van der Waals surface area contributed by atoms with Crippen molar-refractivity contribution in [1.29, 1.82) is 0 Å². The van der Waals surface area contributed by atoms with Gasteiger partial charge in [0.25, 0.3) is 5.91 Å². The van der Waals surface area contributed by atoms with Gasteiger partial charge < -0.3 is 15.6 Å². The monoisotopic (exact) mass is 265 g/mol. The predicted molar refractivity (Wildman–Crippen MR) is 72.9 cm³/mol. The molecule has 1 aromatic carbocycles. The largest absolute Gasteiger partial charge is 0.384 e. The van der Waals surface area contributed by atoms with Crippen LogP contribution in [0.15, 0.2) is 30.3 Å². The molecule has 0 atom stereocenters. The number of amides is 1. The average Bonchev–Trinajstić information content (AvgIpc) is 2.58. The van der Waals surface area contributed by atoms with Crippen LogP contribution in [0.25, 0.3) is 0 Å². The van der Waals surface area contributed by atoms with E-state index in [9.17, 15) is 4.79 Å². The van der Waals surface area contributed by atoms with Crippen LogP contribution in [0.5, 0.6) is 0 Å². The summed E-state index contributed by atoms with van der Waals surface area (Å²) in [4.78, 5) is 12.4. The highest BCUT2D eigenvalue weighted by atomic mass is 32.1. The van der Waals surface area contributed by atoms with Gasteiger partial charge in [0, 0.05) is 12.7 Å². The molecule has 2 aromatic rings. The third-order valence-electron chi connectivity index (χ3n) is 2.30. The van der Waals surface area contributed by atoms with Crippen LogP contribution >= 0.6 is 23.6 Å². The maximum absolute atomic E-state index is 12.0. The summed E-state index contributed by atoms with van der Waals surface area (Å²) >= 11 is 6.28. The lowest BCUT2D eigenvalue weighted by Gasteiger charge is -2.03. The first-order chi connectivity index (χ1) is 8.09.